The van der Waals surface area contributed by atoms with Gasteiger partial charge in [-0.25, -0.2) is 4.79 Å². The maximum Gasteiger partial charge on any atom is 0.340 e. The highest BCUT2D eigenvalue weighted by atomic mass is 127. The highest BCUT2D eigenvalue weighted by Gasteiger charge is 2.43. The van der Waals surface area contributed by atoms with Crippen LogP contribution >= 0.6 is 67.8 Å². The average Bonchev–Trinajstić information content (AvgIpc) is 2.40. The predicted octanol–water partition coefficient (Wildman–Crippen LogP) is 2.82. The second kappa shape index (κ2) is 7.66. The number of carboxylic acid groups (broad SMARTS) is 1. The molecule has 0 fully saturated rings. The van der Waals surface area contributed by atoms with Crippen molar-refractivity contribution < 1.29 is 28.2 Å². The fraction of sp³-hybridized carbons (Fsp3) is 0.333. The molecule has 0 bridgehead atoms. The van der Waals surface area contributed by atoms with Gasteiger partial charge in [-0.15, -0.1) is 0 Å². The van der Waals surface area contributed by atoms with Gasteiger partial charge in [-0.2, -0.15) is 8.78 Å². The molecule has 1 aromatic carbocycles. The van der Waals surface area contributed by atoms with Crippen molar-refractivity contribution in [2.75, 3.05) is 0 Å². The van der Waals surface area contributed by atoms with Crippen LogP contribution in [0.3, 0.4) is 0 Å². The van der Waals surface area contributed by atoms with Gasteiger partial charge in [0.1, 0.15) is 5.97 Å². The summed E-state index contributed by atoms with van der Waals surface area (Å²) in [7, 11) is 0. The molecule has 1 atom stereocenters. The van der Waals surface area contributed by atoms with Crippen LogP contribution in [0.4, 0.5) is 8.78 Å². The van der Waals surface area contributed by atoms with Gasteiger partial charge in [0.05, 0.1) is 5.56 Å². The summed E-state index contributed by atoms with van der Waals surface area (Å²) in [6.07, 6.45) is -2.41. The number of hydrogen-bond acceptors (Lipinski definition) is 4. The average molecular weight is 635 g/mol. The van der Waals surface area contributed by atoms with Gasteiger partial charge in [-0.3, -0.25) is 0 Å². The Balaban J connectivity index is 3.11. The fourth-order valence-electron chi connectivity index (χ4n) is 1.45. The highest BCUT2D eigenvalue weighted by Crippen LogP contribution is 2.28. The first-order valence-corrected chi connectivity index (χ1v) is 8.80. The SMILES string of the molecule is CCC(OC(=O)c1c(I)ccc(I)c1I)C(F)(F)C(=O)[O-]. The van der Waals surface area contributed by atoms with E-state index in [2.05, 4.69) is 0 Å². The van der Waals surface area contributed by atoms with Crippen molar-refractivity contribution >= 4 is 79.7 Å². The van der Waals surface area contributed by atoms with Crippen LogP contribution in [0.5, 0.6) is 0 Å². The van der Waals surface area contributed by atoms with E-state index in [0.717, 1.165) is 3.57 Å². The molecule has 1 unspecified atom stereocenters. The first-order chi connectivity index (χ1) is 9.62. The number of aliphatic carboxylic acids is 1. The molecule has 1 aromatic rings. The quantitative estimate of drug-likeness (QED) is 0.284. The van der Waals surface area contributed by atoms with Crippen molar-refractivity contribution in [1.82, 2.24) is 0 Å². The lowest BCUT2D eigenvalue weighted by Crippen LogP contribution is -2.51. The highest BCUT2D eigenvalue weighted by molar-refractivity contribution is 14.1. The molecule has 9 heteroatoms. The third-order valence-corrected chi connectivity index (χ3v) is 6.50. The Morgan fingerprint density at radius 2 is 1.81 bits per heavy atom. The Kier molecular flexibility index (Phi) is 7.02. The minimum atomic E-state index is -4.23. The molecule has 0 heterocycles. The van der Waals surface area contributed by atoms with E-state index in [-0.39, 0.29) is 12.0 Å². The molecule has 0 aliphatic heterocycles. The lowest BCUT2D eigenvalue weighted by atomic mass is 10.1. The molecule has 0 amide bonds. The Hall–Kier alpha value is 0.210. The number of halogens is 5. The maximum absolute atomic E-state index is 13.4. The van der Waals surface area contributed by atoms with Gasteiger partial charge in [0.25, 0.3) is 0 Å². The number of hydrogen-bond donors (Lipinski definition) is 0. The largest absolute Gasteiger partial charge is 0.544 e. The van der Waals surface area contributed by atoms with Crippen molar-refractivity contribution in [3.05, 3.63) is 28.4 Å². The van der Waals surface area contributed by atoms with Crippen LogP contribution in [0, 0.1) is 10.7 Å². The van der Waals surface area contributed by atoms with E-state index in [9.17, 15) is 23.5 Å². The number of esters is 1. The molecule has 0 aliphatic carbocycles. The number of alkyl halides is 2. The van der Waals surface area contributed by atoms with Gasteiger partial charge in [0.2, 0.25) is 0 Å². The van der Waals surface area contributed by atoms with Crippen LogP contribution in [0.2, 0.25) is 0 Å². The number of benzene rings is 1. The van der Waals surface area contributed by atoms with E-state index >= 15 is 0 Å². The molecule has 4 nitrogen and oxygen atoms in total. The molecular formula is C12H8F2I3O4-. The van der Waals surface area contributed by atoms with E-state index in [1.807, 2.05) is 67.8 Å². The van der Waals surface area contributed by atoms with Gasteiger partial charge in [-0.1, -0.05) is 6.92 Å². The summed E-state index contributed by atoms with van der Waals surface area (Å²) in [6.45, 7) is 1.31. The topological polar surface area (TPSA) is 66.4 Å². The lowest BCUT2D eigenvalue weighted by Gasteiger charge is -2.26. The van der Waals surface area contributed by atoms with Gasteiger partial charge < -0.3 is 14.6 Å². The van der Waals surface area contributed by atoms with E-state index in [1.165, 1.54) is 6.92 Å². The van der Waals surface area contributed by atoms with Crippen molar-refractivity contribution in [3.8, 4) is 0 Å². The molecule has 0 saturated carbocycles. The van der Waals surface area contributed by atoms with Crippen LogP contribution in [0.1, 0.15) is 23.7 Å². The third kappa shape index (κ3) is 4.36. The standard InChI is InChI=1S/C12H9F2I3O4/c1-2-7(12(13,14)11(19)20)21-10(18)8-5(15)3-4-6(16)9(8)17/h3-4,7H,2H2,1H3,(H,19,20)/p-1. The second-order valence-electron chi connectivity index (χ2n) is 3.93. The minimum Gasteiger partial charge on any atom is -0.544 e. The molecule has 0 spiro atoms. The lowest BCUT2D eigenvalue weighted by molar-refractivity contribution is -0.335. The summed E-state index contributed by atoms with van der Waals surface area (Å²) in [4.78, 5) is 22.6. The number of carbonyl (C=O) groups is 2. The second-order valence-corrected chi connectivity index (χ2v) is 7.33. The van der Waals surface area contributed by atoms with Crippen LogP contribution in [0.15, 0.2) is 12.1 Å². The molecule has 0 radical (unpaired) electrons. The summed E-state index contributed by atoms with van der Waals surface area (Å²) >= 11 is 5.79. The molecular weight excluding hydrogens is 627 g/mol. The number of carboxylic acids is 1. The maximum atomic E-state index is 13.4. The summed E-state index contributed by atoms with van der Waals surface area (Å²) in [5.41, 5.74) is 0.149. The Bertz CT molecular complexity index is 578. The van der Waals surface area contributed by atoms with Crippen molar-refractivity contribution in [1.29, 1.82) is 0 Å². The number of carbonyl (C=O) groups excluding carboxylic acids is 2. The fourth-order valence-corrected chi connectivity index (χ4v) is 3.77. The zero-order chi connectivity index (χ0) is 16.4. The summed E-state index contributed by atoms with van der Waals surface area (Å²) in [5.74, 6) is -7.77. The normalized spacial score (nSPS) is 12.9. The molecule has 0 saturated heterocycles. The van der Waals surface area contributed by atoms with Crippen molar-refractivity contribution in [3.63, 3.8) is 0 Å². The summed E-state index contributed by atoms with van der Waals surface area (Å²) < 4.78 is 33.4. The predicted molar refractivity (Wildman–Crippen MR) is 94.0 cm³/mol. The molecule has 116 valence electrons. The van der Waals surface area contributed by atoms with E-state index < -0.39 is 24.0 Å². The Morgan fingerprint density at radius 3 is 2.29 bits per heavy atom. The number of rotatable bonds is 5. The molecule has 21 heavy (non-hydrogen) atoms. The van der Waals surface area contributed by atoms with Gasteiger partial charge in [0, 0.05) is 10.7 Å². The first-order valence-electron chi connectivity index (χ1n) is 5.56. The van der Waals surface area contributed by atoms with Crippen LogP contribution < -0.4 is 5.11 Å². The molecule has 0 N–H and O–H groups in total. The zero-order valence-corrected chi connectivity index (χ0v) is 16.9. The van der Waals surface area contributed by atoms with Crippen LogP contribution in [-0.2, 0) is 9.53 Å². The Morgan fingerprint density at radius 1 is 1.29 bits per heavy atom. The van der Waals surface area contributed by atoms with E-state index in [1.54, 1.807) is 12.1 Å². The minimum absolute atomic E-state index is 0.149. The van der Waals surface area contributed by atoms with Crippen molar-refractivity contribution in [2.45, 2.75) is 25.4 Å². The Labute approximate surface area is 160 Å². The summed E-state index contributed by atoms with van der Waals surface area (Å²) in [6, 6.07) is 3.42. The molecule has 0 aromatic heterocycles. The van der Waals surface area contributed by atoms with Crippen molar-refractivity contribution in [2.24, 2.45) is 0 Å². The first kappa shape index (κ1) is 19.3. The number of ether oxygens (including phenoxy) is 1. The smallest absolute Gasteiger partial charge is 0.340 e. The molecule has 1 rings (SSSR count). The van der Waals surface area contributed by atoms with Crippen LogP contribution in [0.25, 0.3) is 0 Å². The monoisotopic (exact) mass is 635 g/mol. The summed E-state index contributed by atoms with van der Waals surface area (Å²) in [5, 5.41) is 10.5. The van der Waals surface area contributed by atoms with Gasteiger partial charge in [-0.05, 0) is 86.3 Å². The van der Waals surface area contributed by atoms with E-state index in [0.29, 0.717) is 7.14 Å². The van der Waals surface area contributed by atoms with Crippen LogP contribution in [-0.4, -0.2) is 24.0 Å². The zero-order valence-electron chi connectivity index (χ0n) is 10.5. The molecule has 0 aliphatic rings. The van der Waals surface area contributed by atoms with Gasteiger partial charge >= 0.3 is 11.9 Å². The van der Waals surface area contributed by atoms with E-state index in [4.69, 9.17) is 4.74 Å². The van der Waals surface area contributed by atoms with Gasteiger partial charge in [0.15, 0.2) is 6.10 Å². The third-order valence-electron chi connectivity index (χ3n) is 2.54.